The largest absolute Gasteiger partial charge is 0.494 e. The monoisotopic (exact) mass is 495 g/mol. The zero-order valence-electron chi connectivity index (χ0n) is 16.1. The lowest BCUT2D eigenvalue weighted by Gasteiger charge is -2.13. The molecular formula is C20H26IN5O2. The summed E-state index contributed by atoms with van der Waals surface area (Å²) in [7, 11) is 0. The topological polar surface area (TPSA) is 86.2 Å². The van der Waals surface area contributed by atoms with Gasteiger partial charge in [0.05, 0.1) is 24.6 Å². The fraction of sp³-hybridized carbons (Fsp3) is 0.300. The molecule has 1 aromatic carbocycles. The summed E-state index contributed by atoms with van der Waals surface area (Å²) in [6.45, 7) is 5.58. The van der Waals surface area contributed by atoms with Crippen molar-refractivity contribution in [3.8, 4) is 11.5 Å². The lowest BCUT2D eigenvalue weighted by Crippen LogP contribution is -2.23. The van der Waals surface area contributed by atoms with E-state index in [-0.39, 0.29) is 24.0 Å². The minimum atomic E-state index is 0. The molecule has 0 radical (unpaired) electrons. The Morgan fingerprint density at radius 2 is 2.00 bits per heavy atom. The highest BCUT2D eigenvalue weighted by Crippen LogP contribution is 2.29. The van der Waals surface area contributed by atoms with Crippen molar-refractivity contribution in [2.24, 2.45) is 10.7 Å². The Hall–Kier alpha value is -2.49. The van der Waals surface area contributed by atoms with Crippen molar-refractivity contribution < 1.29 is 9.47 Å². The first-order valence-electron chi connectivity index (χ1n) is 9.08. The van der Waals surface area contributed by atoms with Gasteiger partial charge in [0.25, 0.3) is 0 Å². The quantitative estimate of drug-likeness (QED) is 0.283. The smallest absolute Gasteiger partial charge is 0.193 e. The first kappa shape index (κ1) is 21.8. The average molecular weight is 495 g/mol. The summed E-state index contributed by atoms with van der Waals surface area (Å²) in [6.07, 6.45) is 4.69. The van der Waals surface area contributed by atoms with Gasteiger partial charge in [-0.3, -0.25) is 4.99 Å². The van der Waals surface area contributed by atoms with Crippen LogP contribution in [-0.2, 0) is 6.42 Å². The van der Waals surface area contributed by atoms with Gasteiger partial charge < -0.3 is 24.9 Å². The Balaban J connectivity index is 0.00000280. The molecule has 0 aliphatic carbocycles. The minimum Gasteiger partial charge on any atom is -0.494 e. The van der Waals surface area contributed by atoms with Crippen molar-refractivity contribution in [1.82, 2.24) is 9.38 Å². The molecule has 0 unspecified atom stereocenters. The number of fused-ring (bicyclic) bond motifs is 1. The van der Waals surface area contributed by atoms with Crippen LogP contribution in [0.2, 0.25) is 0 Å². The number of anilines is 1. The number of nitrogens with one attached hydrogen (secondary N) is 1. The maximum absolute atomic E-state index is 6.05. The van der Waals surface area contributed by atoms with E-state index in [0.717, 1.165) is 22.8 Å². The zero-order chi connectivity index (χ0) is 19.1. The molecule has 2 heterocycles. The number of aromatic nitrogens is 2. The number of rotatable bonds is 8. The van der Waals surface area contributed by atoms with Gasteiger partial charge in [0, 0.05) is 31.4 Å². The highest BCUT2D eigenvalue weighted by molar-refractivity contribution is 14.0. The van der Waals surface area contributed by atoms with Crippen LogP contribution in [0.1, 0.15) is 19.5 Å². The molecule has 0 amide bonds. The average Bonchev–Trinajstić information content (AvgIpc) is 3.07. The van der Waals surface area contributed by atoms with Gasteiger partial charge in [0.2, 0.25) is 0 Å². The number of pyridine rings is 1. The van der Waals surface area contributed by atoms with Crippen LogP contribution in [0.3, 0.4) is 0 Å². The number of benzene rings is 1. The van der Waals surface area contributed by atoms with Crippen LogP contribution in [0.4, 0.5) is 5.69 Å². The standard InChI is InChI=1S/C20H25N5O2.HI/c1-3-26-16-8-9-18(27-4-2)17(13-16)24-20(21)22-11-10-15-14-25-12-6-5-7-19(25)23-15;/h5-9,12-14H,3-4,10-11H2,1-2H3,(H3,21,22,24);1H. The van der Waals surface area contributed by atoms with Crippen LogP contribution in [0, 0.1) is 0 Å². The van der Waals surface area contributed by atoms with Crippen LogP contribution < -0.4 is 20.5 Å². The van der Waals surface area contributed by atoms with Crippen molar-refractivity contribution in [3.63, 3.8) is 0 Å². The van der Waals surface area contributed by atoms with Crippen LogP contribution in [0.15, 0.2) is 53.8 Å². The highest BCUT2D eigenvalue weighted by Gasteiger charge is 2.07. The lowest BCUT2D eigenvalue weighted by molar-refractivity contribution is 0.332. The van der Waals surface area contributed by atoms with Gasteiger partial charge in [0.15, 0.2) is 5.96 Å². The van der Waals surface area contributed by atoms with Gasteiger partial charge in [-0.2, -0.15) is 0 Å². The Bertz CT molecular complexity index is 893. The van der Waals surface area contributed by atoms with Crippen LogP contribution in [0.5, 0.6) is 11.5 Å². The van der Waals surface area contributed by atoms with Gasteiger partial charge in [-0.25, -0.2) is 4.98 Å². The van der Waals surface area contributed by atoms with E-state index in [1.165, 1.54) is 0 Å². The maximum atomic E-state index is 6.05. The van der Waals surface area contributed by atoms with Gasteiger partial charge in [0.1, 0.15) is 17.1 Å². The van der Waals surface area contributed by atoms with E-state index in [1.807, 2.05) is 67.0 Å². The molecule has 3 aromatic rings. The molecule has 2 aromatic heterocycles. The minimum absolute atomic E-state index is 0. The second kappa shape index (κ2) is 10.7. The van der Waals surface area contributed by atoms with E-state index in [9.17, 15) is 0 Å². The van der Waals surface area contributed by atoms with Crippen LogP contribution >= 0.6 is 24.0 Å². The summed E-state index contributed by atoms with van der Waals surface area (Å²) in [4.78, 5) is 8.96. The fourth-order valence-corrected chi connectivity index (χ4v) is 2.72. The van der Waals surface area contributed by atoms with E-state index in [0.29, 0.717) is 37.9 Å². The molecule has 0 fully saturated rings. The molecule has 28 heavy (non-hydrogen) atoms. The number of imidazole rings is 1. The number of nitrogens with zero attached hydrogens (tertiary/aromatic N) is 3. The molecule has 150 valence electrons. The predicted octanol–water partition coefficient (Wildman–Crippen LogP) is 3.72. The summed E-state index contributed by atoms with van der Waals surface area (Å²) < 4.78 is 13.2. The molecule has 0 spiro atoms. The van der Waals surface area contributed by atoms with E-state index in [1.54, 1.807) is 0 Å². The van der Waals surface area contributed by atoms with Gasteiger partial charge in [-0.15, -0.1) is 24.0 Å². The summed E-state index contributed by atoms with van der Waals surface area (Å²) in [5, 5.41) is 3.10. The molecule has 3 N–H and O–H groups in total. The molecular weight excluding hydrogens is 469 g/mol. The number of ether oxygens (including phenoxy) is 2. The third kappa shape index (κ3) is 5.75. The Kier molecular flexibility index (Phi) is 8.37. The first-order valence-corrected chi connectivity index (χ1v) is 9.08. The molecule has 0 bridgehead atoms. The summed E-state index contributed by atoms with van der Waals surface area (Å²) in [5.74, 6) is 1.79. The van der Waals surface area contributed by atoms with E-state index in [2.05, 4.69) is 15.3 Å². The molecule has 0 saturated heterocycles. The molecule has 0 aliphatic heterocycles. The van der Waals surface area contributed by atoms with Gasteiger partial charge in [-0.1, -0.05) is 6.07 Å². The number of hydrogen-bond donors (Lipinski definition) is 2. The third-order valence-corrected chi connectivity index (χ3v) is 3.89. The molecule has 0 saturated carbocycles. The second-order valence-electron chi connectivity index (χ2n) is 5.86. The SMILES string of the molecule is CCOc1ccc(OCC)c(NC(N)=NCCc2cn3ccccc3n2)c1.I. The number of guanidine groups is 1. The van der Waals surface area contributed by atoms with Crippen molar-refractivity contribution >= 4 is 41.3 Å². The summed E-state index contributed by atoms with van der Waals surface area (Å²) in [5.41, 5.74) is 8.69. The van der Waals surface area contributed by atoms with Crippen LogP contribution in [-0.4, -0.2) is 35.1 Å². The molecule has 8 heteroatoms. The number of nitrogens with two attached hydrogens (primary N) is 1. The fourth-order valence-electron chi connectivity index (χ4n) is 2.72. The Morgan fingerprint density at radius 1 is 1.18 bits per heavy atom. The number of halogens is 1. The lowest BCUT2D eigenvalue weighted by atomic mass is 10.2. The van der Waals surface area contributed by atoms with Gasteiger partial charge in [-0.05, 0) is 38.1 Å². The second-order valence-corrected chi connectivity index (χ2v) is 5.86. The van der Waals surface area contributed by atoms with Crippen molar-refractivity contribution in [2.75, 3.05) is 25.1 Å². The van der Waals surface area contributed by atoms with Crippen LogP contribution in [0.25, 0.3) is 5.65 Å². The molecule has 3 rings (SSSR count). The normalized spacial score (nSPS) is 11.1. The highest BCUT2D eigenvalue weighted by atomic mass is 127. The van der Waals surface area contributed by atoms with Crippen molar-refractivity contribution in [2.45, 2.75) is 20.3 Å². The molecule has 7 nitrogen and oxygen atoms in total. The Labute approximate surface area is 182 Å². The predicted molar refractivity (Wildman–Crippen MR) is 123 cm³/mol. The zero-order valence-corrected chi connectivity index (χ0v) is 18.4. The Morgan fingerprint density at radius 3 is 2.75 bits per heavy atom. The molecule has 0 atom stereocenters. The summed E-state index contributed by atoms with van der Waals surface area (Å²) in [6, 6.07) is 11.5. The van der Waals surface area contributed by atoms with E-state index >= 15 is 0 Å². The first-order chi connectivity index (χ1) is 13.2. The van der Waals surface area contributed by atoms with Crippen molar-refractivity contribution in [1.29, 1.82) is 0 Å². The maximum Gasteiger partial charge on any atom is 0.193 e. The third-order valence-electron chi connectivity index (χ3n) is 3.89. The number of hydrogen-bond acceptors (Lipinski definition) is 4. The summed E-state index contributed by atoms with van der Waals surface area (Å²) >= 11 is 0. The van der Waals surface area contributed by atoms with Gasteiger partial charge >= 0.3 is 0 Å². The molecule has 0 aliphatic rings. The number of aliphatic imine (C=N–C) groups is 1. The van der Waals surface area contributed by atoms with E-state index in [4.69, 9.17) is 15.2 Å². The van der Waals surface area contributed by atoms with Crippen molar-refractivity contribution in [3.05, 3.63) is 54.5 Å². The van der Waals surface area contributed by atoms with E-state index < -0.39 is 0 Å².